The van der Waals surface area contributed by atoms with Gasteiger partial charge in [-0.1, -0.05) is 0 Å². The van der Waals surface area contributed by atoms with Gasteiger partial charge in [0.2, 0.25) is 5.91 Å². The zero-order valence-corrected chi connectivity index (χ0v) is 15.5. The second-order valence-electron chi connectivity index (χ2n) is 6.23. The Bertz CT molecular complexity index is 813. The van der Waals surface area contributed by atoms with E-state index in [1.54, 1.807) is 17.0 Å². The van der Waals surface area contributed by atoms with Crippen LogP contribution in [0, 0.1) is 12.8 Å². The van der Waals surface area contributed by atoms with E-state index in [4.69, 9.17) is 4.74 Å². The van der Waals surface area contributed by atoms with Crippen LogP contribution in [0.5, 0.6) is 11.5 Å². The summed E-state index contributed by atoms with van der Waals surface area (Å²) in [6.45, 7) is 2.82. The Hall–Kier alpha value is -2.61. The first kappa shape index (κ1) is 18.2. The van der Waals surface area contributed by atoms with E-state index in [9.17, 15) is 14.7 Å². The zero-order valence-electron chi connectivity index (χ0n) is 14.7. The Morgan fingerprint density at radius 1 is 1.35 bits per heavy atom. The first-order valence-electron chi connectivity index (χ1n) is 8.37. The van der Waals surface area contributed by atoms with Crippen LogP contribution in [0.1, 0.15) is 28.9 Å². The predicted molar refractivity (Wildman–Crippen MR) is 98.8 cm³/mol. The quantitative estimate of drug-likeness (QED) is 0.857. The van der Waals surface area contributed by atoms with E-state index < -0.39 is 0 Å². The number of thiazole rings is 1. The topological polar surface area (TPSA) is 91.8 Å². The van der Waals surface area contributed by atoms with Gasteiger partial charge in [0.05, 0.1) is 18.4 Å². The number of carbonyl (C=O) groups excluding carboxylic acids is 2. The molecule has 26 heavy (non-hydrogen) atoms. The SMILES string of the molecule is COc1ccc(C(=O)N2CCC(C(=O)Nc3nc(C)cs3)CC2)c(O)c1. The van der Waals surface area contributed by atoms with Crippen molar-refractivity contribution < 1.29 is 19.4 Å². The molecule has 1 aromatic carbocycles. The number of benzene rings is 1. The van der Waals surface area contributed by atoms with Crippen molar-refractivity contribution in [2.45, 2.75) is 19.8 Å². The Balaban J connectivity index is 1.57. The van der Waals surface area contributed by atoms with Gasteiger partial charge in [-0.2, -0.15) is 0 Å². The van der Waals surface area contributed by atoms with Crippen LogP contribution in [0.3, 0.4) is 0 Å². The van der Waals surface area contributed by atoms with Gasteiger partial charge < -0.3 is 20.1 Å². The van der Waals surface area contributed by atoms with Gasteiger partial charge in [-0.3, -0.25) is 9.59 Å². The number of rotatable bonds is 4. The lowest BCUT2D eigenvalue weighted by Gasteiger charge is -2.31. The molecule has 7 nitrogen and oxygen atoms in total. The molecule has 2 amide bonds. The van der Waals surface area contributed by atoms with Crippen LogP contribution < -0.4 is 10.1 Å². The van der Waals surface area contributed by atoms with Gasteiger partial charge in [0.1, 0.15) is 11.5 Å². The monoisotopic (exact) mass is 375 g/mol. The molecule has 0 radical (unpaired) electrons. The molecule has 0 aliphatic carbocycles. The number of amides is 2. The van der Waals surface area contributed by atoms with E-state index >= 15 is 0 Å². The minimum absolute atomic E-state index is 0.0567. The lowest BCUT2D eigenvalue weighted by atomic mass is 9.95. The maximum atomic E-state index is 12.6. The molecule has 0 atom stereocenters. The van der Waals surface area contributed by atoms with Crippen LogP contribution in [0.25, 0.3) is 0 Å². The number of hydrogen-bond acceptors (Lipinski definition) is 6. The third-order valence-electron chi connectivity index (χ3n) is 4.44. The normalized spacial score (nSPS) is 14.9. The zero-order chi connectivity index (χ0) is 18.7. The van der Waals surface area contributed by atoms with Gasteiger partial charge in [-0.15, -0.1) is 11.3 Å². The molecule has 8 heteroatoms. The van der Waals surface area contributed by atoms with Gasteiger partial charge in [-0.25, -0.2) is 4.98 Å². The maximum Gasteiger partial charge on any atom is 0.257 e. The summed E-state index contributed by atoms with van der Waals surface area (Å²) in [5, 5.41) is 15.4. The molecule has 1 aromatic heterocycles. The van der Waals surface area contributed by atoms with Gasteiger partial charge in [0.25, 0.3) is 5.91 Å². The molecule has 3 rings (SSSR count). The standard InChI is InChI=1S/C18H21N3O4S/c1-11-10-26-18(19-11)20-16(23)12-5-7-21(8-6-12)17(24)14-4-3-13(25-2)9-15(14)22/h3-4,9-10,12,22H,5-8H2,1-2H3,(H,19,20,23). The Morgan fingerprint density at radius 3 is 2.65 bits per heavy atom. The average Bonchev–Trinajstić information content (AvgIpc) is 3.05. The van der Waals surface area contributed by atoms with Crippen LogP contribution in [-0.4, -0.2) is 47.0 Å². The molecular formula is C18H21N3O4S. The molecule has 1 saturated heterocycles. The second-order valence-corrected chi connectivity index (χ2v) is 7.09. The fraction of sp³-hybridized carbons (Fsp3) is 0.389. The molecule has 0 unspecified atom stereocenters. The smallest absolute Gasteiger partial charge is 0.257 e. The summed E-state index contributed by atoms with van der Waals surface area (Å²) in [4.78, 5) is 30.9. The number of phenols is 1. The van der Waals surface area contributed by atoms with E-state index in [0.29, 0.717) is 36.8 Å². The molecule has 138 valence electrons. The van der Waals surface area contributed by atoms with Crippen molar-refractivity contribution >= 4 is 28.3 Å². The molecule has 1 fully saturated rings. The highest BCUT2D eigenvalue weighted by atomic mass is 32.1. The van der Waals surface area contributed by atoms with Crippen LogP contribution >= 0.6 is 11.3 Å². The first-order chi connectivity index (χ1) is 12.5. The summed E-state index contributed by atoms with van der Waals surface area (Å²) in [6, 6.07) is 4.62. The number of piperidine rings is 1. The fourth-order valence-corrected chi connectivity index (χ4v) is 3.64. The summed E-state index contributed by atoms with van der Waals surface area (Å²) in [6.07, 6.45) is 1.16. The number of phenolic OH excluding ortho intramolecular Hbond substituents is 1. The molecular weight excluding hydrogens is 354 g/mol. The molecule has 2 N–H and O–H groups in total. The van der Waals surface area contributed by atoms with Crippen molar-refractivity contribution in [2.24, 2.45) is 5.92 Å². The van der Waals surface area contributed by atoms with E-state index in [-0.39, 0.29) is 29.0 Å². The van der Waals surface area contributed by atoms with Gasteiger partial charge in [0.15, 0.2) is 5.13 Å². The maximum absolute atomic E-state index is 12.6. The lowest BCUT2D eigenvalue weighted by molar-refractivity contribution is -0.121. The fourth-order valence-electron chi connectivity index (χ4n) is 2.95. The van der Waals surface area contributed by atoms with E-state index in [1.165, 1.54) is 24.5 Å². The number of nitrogens with zero attached hydrogens (tertiary/aromatic N) is 2. The predicted octanol–water partition coefficient (Wildman–Crippen LogP) is 2.66. The van der Waals surface area contributed by atoms with Crippen LogP contribution in [0.2, 0.25) is 0 Å². The Kier molecular flexibility index (Phi) is 5.41. The van der Waals surface area contributed by atoms with Crippen LogP contribution in [0.4, 0.5) is 5.13 Å². The Morgan fingerprint density at radius 2 is 2.08 bits per heavy atom. The third-order valence-corrected chi connectivity index (χ3v) is 5.31. The summed E-state index contributed by atoms with van der Waals surface area (Å²) < 4.78 is 5.03. The number of aromatic hydroxyl groups is 1. The van der Waals surface area contributed by atoms with E-state index in [1.807, 2.05) is 12.3 Å². The van der Waals surface area contributed by atoms with Gasteiger partial charge in [-0.05, 0) is 31.9 Å². The number of anilines is 1. The van der Waals surface area contributed by atoms with Crippen molar-refractivity contribution in [3.05, 3.63) is 34.8 Å². The number of likely N-dealkylation sites (tertiary alicyclic amines) is 1. The number of methoxy groups -OCH3 is 1. The minimum atomic E-state index is -0.237. The highest BCUT2D eigenvalue weighted by Crippen LogP contribution is 2.27. The number of nitrogens with one attached hydrogen (secondary N) is 1. The third kappa shape index (κ3) is 3.96. The molecule has 1 aliphatic heterocycles. The number of ether oxygens (including phenoxy) is 1. The summed E-state index contributed by atoms with van der Waals surface area (Å²) in [5.74, 6) is -0.0498. The largest absolute Gasteiger partial charge is 0.507 e. The van der Waals surface area contributed by atoms with Gasteiger partial charge >= 0.3 is 0 Å². The summed E-state index contributed by atoms with van der Waals surface area (Å²) >= 11 is 1.40. The van der Waals surface area contributed by atoms with E-state index in [2.05, 4.69) is 10.3 Å². The van der Waals surface area contributed by atoms with Crippen molar-refractivity contribution in [3.8, 4) is 11.5 Å². The van der Waals surface area contributed by atoms with Crippen molar-refractivity contribution in [1.82, 2.24) is 9.88 Å². The lowest BCUT2D eigenvalue weighted by Crippen LogP contribution is -2.41. The number of hydrogen-bond donors (Lipinski definition) is 2. The first-order valence-corrected chi connectivity index (χ1v) is 9.25. The number of aryl methyl sites for hydroxylation is 1. The minimum Gasteiger partial charge on any atom is -0.507 e. The molecule has 0 spiro atoms. The van der Waals surface area contributed by atoms with Crippen molar-refractivity contribution in [3.63, 3.8) is 0 Å². The highest BCUT2D eigenvalue weighted by Gasteiger charge is 2.29. The highest BCUT2D eigenvalue weighted by molar-refractivity contribution is 7.13. The van der Waals surface area contributed by atoms with Gasteiger partial charge in [0, 0.05) is 30.5 Å². The molecule has 2 heterocycles. The number of aromatic nitrogens is 1. The summed E-state index contributed by atoms with van der Waals surface area (Å²) in [7, 11) is 1.50. The van der Waals surface area contributed by atoms with E-state index in [0.717, 1.165) is 5.69 Å². The second kappa shape index (κ2) is 7.74. The molecule has 2 aromatic rings. The van der Waals surface area contributed by atoms with Crippen LogP contribution in [0.15, 0.2) is 23.6 Å². The van der Waals surface area contributed by atoms with Crippen LogP contribution in [-0.2, 0) is 4.79 Å². The molecule has 0 saturated carbocycles. The molecule has 1 aliphatic rings. The molecule has 0 bridgehead atoms. The summed E-state index contributed by atoms with van der Waals surface area (Å²) in [5.41, 5.74) is 1.12. The van der Waals surface area contributed by atoms with Crippen molar-refractivity contribution in [2.75, 3.05) is 25.5 Å². The Labute approximate surface area is 155 Å². The van der Waals surface area contributed by atoms with Crippen molar-refractivity contribution in [1.29, 1.82) is 0 Å². The number of carbonyl (C=O) groups is 2. The average molecular weight is 375 g/mol.